The lowest BCUT2D eigenvalue weighted by Crippen LogP contribution is -2.31. The van der Waals surface area contributed by atoms with Gasteiger partial charge in [-0.2, -0.15) is 0 Å². The number of carbonyl (C=O) groups excluding carboxylic acids is 2. The van der Waals surface area contributed by atoms with E-state index in [1.54, 1.807) is 23.7 Å². The molecule has 0 saturated heterocycles. The molecule has 0 bridgehead atoms. The van der Waals surface area contributed by atoms with Gasteiger partial charge in [-0.3, -0.25) is 4.79 Å². The van der Waals surface area contributed by atoms with E-state index in [1.807, 2.05) is 30.3 Å². The molecule has 0 spiro atoms. The van der Waals surface area contributed by atoms with Gasteiger partial charge in [0.05, 0.1) is 6.54 Å². The van der Waals surface area contributed by atoms with E-state index in [9.17, 15) is 9.59 Å². The van der Waals surface area contributed by atoms with Gasteiger partial charge in [-0.25, -0.2) is 14.5 Å². The molecule has 3 rings (SSSR count). The second-order valence-electron chi connectivity index (χ2n) is 6.09. The number of fused-ring (bicyclic) bond motifs is 1. The molecule has 1 aliphatic rings. The summed E-state index contributed by atoms with van der Waals surface area (Å²) in [4.78, 5) is 31.7. The van der Waals surface area contributed by atoms with Crippen molar-refractivity contribution in [1.29, 1.82) is 0 Å². The van der Waals surface area contributed by atoms with Crippen LogP contribution in [-0.2, 0) is 24.4 Å². The Kier molecular flexibility index (Phi) is 4.97. The topological polar surface area (TPSA) is 80.6 Å². The summed E-state index contributed by atoms with van der Waals surface area (Å²) in [6, 6.07) is 9.54. The lowest BCUT2D eigenvalue weighted by atomic mass is 10.2. The summed E-state index contributed by atoms with van der Waals surface area (Å²) in [5, 5.41) is 4.25. The number of nitrogens with zero attached hydrogens (tertiary/aromatic N) is 5. The molecule has 1 aromatic heterocycles. The normalized spacial score (nSPS) is 13.8. The quantitative estimate of drug-likeness (QED) is 0.844. The number of ether oxygens (including phenoxy) is 1. The van der Waals surface area contributed by atoms with Crippen molar-refractivity contribution >= 4 is 12.0 Å². The lowest BCUT2D eigenvalue weighted by Gasteiger charge is -2.19. The number of aromatic nitrogens is 3. The molecular weight excluding hydrogens is 322 g/mol. The first-order chi connectivity index (χ1) is 12.0. The number of hydrogen-bond donors (Lipinski definition) is 0. The third-order valence-electron chi connectivity index (χ3n) is 3.94. The van der Waals surface area contributed by atoms with Crippen molar-refractivity contribution in [2.45, 2.75) is 26.1 Å². The summed E-state index contributed by atoms with van der Waals surface area (Å²) in [6.07, 6.45) is 0.340. The highest BCUT2D eigenvalue weighted by Gasteiger charge is 2.25. The molecule has 2 aromatic rings. The highest BCUT2D eigenvalue weighted by molar-refractivity contribution is 5.89. The van der Waals surface area contributed by atoms with Crippen LogP contribution in [-0.4, -0.2) is 57.2 Å². The van der Waals surface area contributed by atoms with Crippen LogP contribution in [0.1, 0.15) is 28.4 Å². The van der Waals surface area contributed by atoms with Gasteiger partial charge in [0.25, 0.3) is 5.91 Å². The second-order valence-corrected chi connectivity index (χ2v) is 6.09. The summed E-state index contributed by atoms with van der Waals surface area (Å²) < 4.78 is 7.08. The van der Waals surface area contributed by atoms with E-state index in [2.05, 4.69) is 10.1 Å². The second kappa shape index (κ2) is 7.33. The summed E-state index contributed by atoms with van der Waals surface area (Å²) in [5.41, 5.74) is 0.938. The molecule has 25 heavy (non-hydrogen) atoms. The van der Waals surface area contributed by atoms with E-state index in [0.717, 1.165) is 12.0 Å². The van der Waals surface area contributed by atoms with Crippen molar-refractivity contribution in [3.8, 4) is 0 Å². The number of hydrogen-bond acceptors (Lipinski definition) is 5. The zero-order valence-corrected chi connectivity index (χ0v) is 14.4. The molecule has 2 amide bonds. The van der Waals surface area contributed by atoms with Crippen LogP contribution >= 0.6 is 0 Å². The molecular formula is C17H21N5O3. The zero-order valence-electron chi connectivity index (χ0n) is 14.4. The van der Waals surface area contributed by atoms with E-state index in [-0.39, 0.29) is 31.0 Å². The highest BCUT2D eigenvalue weighted by Crippen LogP contribution is 2.13. The van der Waals surface area contributed by atoms with Gasteiger partial charge in [-0.1, -0.05) is 30.3 Å². The predicted molar refractivity (Wildman–Crippen MR) is 89.7 cm³/mol. The minimum Gasteiger partial charge on any atom is -0.445 e. The van der Waals surface area contributed by atoms with Crippen LogP contribution in [0.2, 0.25) is 0 Å². The van der Waals surface area contributed by atoms with Crippen molar-refractivity contribution in [1.82, 2.24) is 24.6 Å². The lowest BCUT2D eigenvalue weighted by molar-refractivity contribution is 0.0815. The Morgan fingerprint density at radius 1 is 1.20 bits per heavy atom. The fourth-order valence-corrected chi connectivity index (χ4v) is 2.59. The Morgan fingerprint density at radius 2 is 1.96 bits per heavy atom. The van der Waals surface area contributed by atoms with E-state index < -0.39 is 0 Å². The Morgan fingerprint density at radius 3 is 2.68 bits per heavy atom. The van der Waals surface area contributed by atoms with Gasteiger partial charge in [-0.05, 0) is 12.0 Å². The van der Waals surface area contributed by atoms with Crippen molar-refractivity contribution < 1.29 is 14.3 Å². The molecule has 0 unspecified atom stereocenters. The molecule has 1 aromatic carbocycles. The van der Waals surface area contributed by atoms with Gasteiger partial charge in [0.1, 0.15) is 12.4 Å². The summed E-state index contributed by atoms with van der Waals surface area (Å²) in [7, 11) is 3.31. The molecule has 8 heteroatoms. The maximum atomic E-state index is 12.4. The molecule has 8 nitrogen and oxygen atoms in total. The van der Waals surface area contributed by atoms with E-state index in [4.69, 9.17) is 4.74 Å². The molecule has 1 aliphatic heterocycles. The van der Waals surface area contributed by atoms with Crippen molar-refractivity contribution in [2.75, 3.05) is 20.6 Å². The fourth-order valence-electron chi connectivity index (χ4n) is 2.59. The standard InChI is InChI=1S/C17H21N5O3/c1-20(2)16(23)15-18-14-11-21(9-6-10-22(14)19-15)17(24)25-12-13-7-4-3-5-8-13/h3-5,7-8H,6,9-12H2,1-2H3. The molecule has 0 saturated carbocycles. The minimum atomic E-state index is -0.388. The van der Waals surface area contributed by atoms with Crippen LogP contribution in [0.25, 0.3) is 0 Å². The maximum absolute atomic E-state index is 12.4. The van der Waals surface area contributed by atoms with E-state index in [0.29, 0.717) is 18.9 Å². The molecule has 0 aliphatic carbocycles. The number of aryl methyl sites for hydroxylation is 1. The number of rotatable bonds is 3. The van der Waals surface area contributed by atoms with Gasteiger partial charge in [-0.15, -0.1) is 5.10 Å². The van der Waals surface area contributed by atoms with Crippen LogP contribution in [0.15, 0.2) is 30.3 Å². The minimum absolute atomic E-state index is 0.152. The first-order valence-electron chi connectivity index (χ1n) is 8.15. The Labute approximate surface area is 146 Å². The smallest absolute Gasteiger partial charge is 0.410 e. The zero-order chi connectivity index (χ0) is 17.8. The maximum Gasteiger partial charge on any atom is 0.410 e. The SMILES string of the molecule is CN(C)C(=O)c1nc2n(n1)CCCN(C(=O)OCc1ccccc1)C2. The van der Waals surface area contributed by atoms with Crippen LogP contribution in [0, 0.1) is 0 Å². The van der Waals surface area contributed by atoms with Crippen LogP contribution in [0.5, 0.6) is 0 Å². The predicted octanol–water partition coefficient (Wildman–Crippen LogP) is 1.52. The molecule has 132 valence electrons. The largest absolute Gasteiger partial charge is 0.445 e. The van der Waals surface area contributed by atoms with Gasteiger partial charge < -0.3 is 14.5 Å². The van der Waals surface area contributed by atoms with Crippen LogP contribution < -0.4 is 0 Å². The first kappa shape index (κ1) is 16.9. The monoisotopic (exact) mass is 343 g/mol. The van der Waals surface area contributed by atoms with Crippen LogP contribution in [0.3, 0.4) is 0 Å². The molecule has 0 N–H and O–H groups in total. The fraction of sp³-hybridized carbons (Fsp3) is 0.412. The van der Waals surface area contributed by atoms with Gasteiger partial charge in [0, 0.05) is 27.2 Å². The first-order valence-corrected chi connectivity index (χ1v) is 8.15. The highest BCUT2D eigenvalue weighted by atomic mass is 16.6. The van der Waals surface area contributed by atoms with Crippen molar-refractivity contribution in [3.05, 3.63) is 47.5 Å². The molecule has 0 fully saturated rings. The molecule has 2 heterocycles. The number of amides is 2. The average molecular weight is 343 g/mol. The Hall–Kier alpha value is -2.90. The van der Waals surface area contributed by atoms with Crippen molar-refractivity contribution in [2.24, 2.45) is 0 Å². The Bertz CT molecular complexity index is 757. The summed E-state index contributed by atoms with van der Waals surface area (Å²) in [5.74, 6) is 0.498. The van der Waals surface area contributed by atoms with Crippen LogP contribution in [0.4, 0.5) is 4.79 Å². The van der Waals surface area contributed by atoms with Gasteiger partial charge in [0.15, 0.2) is 0 Å². The molecule has 0 atom stereocenters. The molecule has 0 radical (unpaired) electrons. The number of carbonyl (C=O) groups is 2. The van der Waals surface area contributed by atoms with Gasteiger partial charge in [0.2, 0.25) is 5.82 Å². The van der Waals surface area contributed by atoms with Gasteiger partial charge >= 0.3 is 6.09 Å². The Balaban J connectivity index is 1.66. The van der Waals surface area contributed by atoms with E-state index in [1.165, 1.54) is 4.90 Å². The summed E-state index contributed by atoms with van der Waals surface area (Å²) in [6.45, 7) is 1.69. The number of benzene rings is 1. The average Bonchev–Trinajstić information content (AvgIpc) is 2.91. The third kappa shape index (κ3) is 3.96. The van der Waals surface area contributed by atoms with Crippen molar-refractivity contribution in [3.63, 3.8) is 0 Å². The van der Waals surface area contributed by atoms with E-state index >= 15 is 0 Å². The third-order valence-corrected chi connectivity index (χ3v) is 3.94. The summed E-state index contributed by atoms with van der Waals surface area (Å²) >= 11 is 0.